The van der Waals surface area contributed by atoms with Crippen LogP contribution >= 0.6 is 0 Å². The van der Waals surface area contributed by atoms with Crippen LogP contribution in [0.1, 0.15) is 50.0 Å². The number of nitrogens with zero attached hydrogens (tertiary/aromatic N) is 1. The molecule has 0 spiro atoms. The molecule has 17 heavy (non-hydrogen) atoms. The lowest BCUT2D eigenvalue weighted by Crippen LogP contribution is -2.33. The molecule has 3 heteroatoms. The molecule has 1 aromatic heterocycles. The van der Waals surface area contributed by atoms with Gasteiger partial charge in [0.1, 0.15) is 11.9 Å². The summed E-state index contributed by atoms with van der Waals surface area (Å²) in [6, 6.07) is 4.18. The van der Waals surface area contributed by atoms with Gasteiger partial charge in [-0.3, -0.25) is 0 Å². The van der Waals surface area contributed by atoms with E-state index in [4.69, 9.17) is 4.42 Å². The molecule has 0 amide bonds. The first kappa shape index (κ1) is 12.2. The average molecular weight is 233 g/mol. The lowest BCUT2D eigenvalue weighted by molar-refractivity contribution is 0.00682. The van der Waals surface area contributed by atoms with Crippen molar-refractivity contribution in [3.8, 4) is 6.07 Å². The van der Waals surface area contributed by atoms with Crippen molar-refractivity contribution in [2.45, 2.75) is 45.6 Å². The zero-order chi connectivity index (χ0) is 12.5. The van der Waals surface area contributed by atoms with E-state index in [9.17, 15) is 10.4 Å². The zero-order valence-corrected chi connectivity index (χ0v) is 10.4. The van der Waals surface area contributed by atoms with Crippen molar-refractivity contribution in [3.05, 3.63) is 23.7 Å². The molecule has 0 aromatic carbocycles. The maximum atomic E-state index is 10.5. The normalized spacial score (nSPS) is 30.8. The van der Waals surface area contributed by atoms with Crippen molar-refractivity contribution in [2.75, 3.05) is 0 Å². The number of aliphatic hydroxyl groups excluding tert-OH is 1. The van der Waals surface area contributed by atoms with E-state index >= 15 is 0 Å². The predicted molar refractivity (Wildman–Crippen MR) is 64.1 cm³/mol. The molecular formula is C14H19NO2. The highest BCUT2D eigenvalue weighted by atomic mass is 16.4. The fourth-order valence-electron chi connectivity index (χ4n) is 2.92. The number of furan rings is 1. The number of nitriles is 1. The van der Waals surface area contributed by atoms with Crippen LogP contribution in [0.15, 0.2) is 16.7 Å². The molecule has 0 bridgehead atoms. The van der Waals surface area contributed by atoms with Crippen LogP contribution in [0.3, 0.4) is 0 Å². The van der Waals surface area contributed by atoms with Crippen molar-refractivity contribution in [1.82, 2.24) is 0 Å². The topological polar surface area (TPSA) is 57.2 Å². The summed E-state index contributed by atoms with van der Waals surface area (Å²) in [5.41, 5.74) is 0.255. The summed E-state index contributed by atoms with van der Waals surface area (Å²) in [5.74, 6) is 1.05. The van der Waals surface area contributed by atoms with Gasteiger partial charge in [0.25, 0.3) is 0 Å². The Morgan fingerprint density at radius 3 is 2.94 bits per heavy atom. The minimum Gasteiger partial charge on any atom is -0.466 e. The van der Waals surface area contributed by atoms with Crippen molar-refractivity contribution < 1.29 is 9.52 Å². The number of hydrogen-bond acceptors (Lipinski definition) is 3. The first-order chi connectivity index (χ1) is 8.09. The van der Waals surface area contributed by atoms with Crippen molar-refractivity contribution in [2.24, 2.45) is 11.3 Å². The van der Waals surface area contributed by atoms with Crippen LogP contribution in [-0.2, 0) is 0 Å². The molecule has 1 fully saturated rings. The third-order valence-corrected chi connectivity index (χ3v) is 3.93. The van der Waals surface area contributed by atoms with Crippen LogP contribution in [-0.4, -0.2) is 5.11 Å². The summed E-state index contributed by atoms with van der Waals surface area (Å²) >= 11 is 0. The second-order valence-electron chi connectivity index (χ2n) is 5.34. The Morgan fingerprint density at radius 2 is 2.41 bits per heavy atom. The van der Waals surface area contributed by atoms with E-state index in [1.54, 1.807) is 6.26 Å². The maximum absolute atomic E-state index is 10.5. The van der Waals surface area contributed by atoms with Crippen LogP contribution < -0.4 is 0 Å². The Labute approximate surface area is 102 Å². The van der Waals surface area contributed by atoms with Gasteiger partial charge in [0.15, 0.2) is 0 Å². The maximum Gasteiger partial charge on any atom is 0.136 e. The number of aryl methyl sites for hydroxylation is 1. The molecule has 3 atom stereocenters. The first-order valence-electron chi connectivity index (χ1n) is 6.22. The van der Waals surface area contributed by atoms with E-state index in [-0.39, 0.29) is 0 Å². The minimum absolute atomic E-state index is 0.494. The lowest BCUT2D eigenvalue weighted by Gasteiger charge is -2.37. The van der Waals surface area contributed by atoms with Gasteiger partial charge in [0.2, 0.25) is 0 Å². The van der Waals surface area contributed by atoms with E-state index in [1.807, 2.05) is 13.0 Å². The molecular weight excluding hydrogens is 214 g/mol. The number of aliphatic hydroxyl groups is 1. The quantitative estimate of drug-likeness (QED) is 0.852. The standard InChI is InChI=1S/C14H19NO2/c1-10-4-3-6-14(8-10,9-15)13(16)12-11(2)5-7-17-12/h5,7,10,13,16H,3-4,6,8H2,1-2H3. The highest BCUT2D eigenvalue weighted by Gasteiger charge is 2.44. The average Bonchev–Trinajstić information content (AvgIpc) is 2.74. The Bertz CT molecular complexity index is 432. The SMILES string of the molecule is Cc1ccoc1C(O)C1(C#N)CCCC(C)C1. The second-order valence-corrected chi connectivity index (χ2v) is 5.34. The fourth-order valence-corrected chi connectivity index (χ4v) is 2.92. The van der Waals surface area contributed by atoms with E-state index in [2.05, 4.69) is 13.0 Å². The molecule has 2 rings (SSSR count). The summed E-state index contributed by atoms with van der Waals surface area (Å²) in [6.07, 6.45) is 4.44. The molecule has 3 unspecified atom stereocenters. The van der Waals surface area contributed by atoms with Gasteiger partial charge in [-0.05, 0) is 37.3 Å². The van der Waals surface area contributed by atoms with Crippen LogP contribution in [0.4, 0.5) is 0 Å². The van der Waals surface area contributed by atoms with Gasteiger partial charge in [0, 0.05) is 0 Å². The molecule has 1 heterocycles. The van der Waals surface area contributed by atoms with Crippen LogP contribution in [0, 0.1) is 29.6 Å². The largest absolute Gasteiger partial charge is 0.466 e. The highest BCUT2D eigenvalue weighted by molar-refractivity contribution is 5.22. The summed E-state index contributed by atoms with van der Waals surface area (Å²) in [5, 5.41) is 19.9. The summed E-state index contributed by atoms with van der Waals surface area (Å²) in [6.45, 7) is 4.05. The molecule has 3 nitrogen and oxygen atoms in total. The molecule has 1 aromatic rings. The molecule has 0 aliphatic heterocycles. The summed E-state index contributed by atoms with van der Waals surface area (Å²) < 4.78 is 5.34. The van der Waals surface area contributed by atoms with Crippen LogP contribution in [0.5, 0.6) is 0 Å². The minimum atomic E-state index is -0.801. The van der Waals surface area contributed by atoms with Gasteiger partial charge >= 0.3 is 0 Å². The molecule has 0 saturated heterocycles. The van der Waals surface area contributed by atoms with Crippen molar-refractivity contribution >= 4 is 0 Å². The smallest absolute Gasteiger partial charge is 0.136 e. The van der Waals surface area contributed by atoms with E-state index < -0.39 is 11.5 Å². The molecule has 1 aliphatic carbocycles. The fraction of sp³-hybridized carbons (Fsp3) is 0.643. The molecule has 0 radical (unpaired) electrons. The number of rotatable bonds is 2. The Morgan fingerprint density at radius 1 is 1.65 bits per heavy atom. The summed E-state index contributed by atoms with van der Waals surface area (Å²) in [7, 11) is 0. The third-order valence-electron chi connectivity index (χ3n) is 3.93. The van der Waals surface area contributed by atoms with Crippen molar-refractivity contribution in [3.63, 3.8) is 0 Å². The zero-order valence-electron chi connectivity index (χ0n) is 10.4. The first-order valence-corrected chi connectivity index (χ1v) is 6.22. The monoisotopic (exact) mass is 233 g/mol. The lowest BCUT2D eigenvalue weighted by atomic mass is 9.67. The molecule has 92 valence electrons. The van der Waals surface area contributed by atoms with E-state index in [0.29, 0.717) is 11.7 Å². The van der Waals surface area contributed by atoms with Gasteiger partial charge in [0.05, 0.1) is 17.7 Å². The molecule has 1 N–H and O–H groups in total. The second kappa shape index (κ2) is 4.54. The Balaban J connectivity index is 2.30. The summed E-state index contributed by atoms with van der Waals surface area (Å²) in [4.78, 5) is 0. The molecule has 1 aliphatic rings. The predicted octanol–water partition coefficient (Wildman–Crippen LogP) is 3.34. The Hall–Kier alpha value is -1.27. The van der Waals surface area contributed by atoms with Crippen LogP contribution in [0.2, 0.25) is 0 Å². The number of hydrogen-bond donors (Lipinski definition) is 1. The van der Waals surface area contributed by atoms with E-state index in [0.717, 1.165) is 31.2 Å². The van der Waals surface area contributed by atoms with Gasteiger partial charge in [-0.1, -0.05) is 19.8 Å². The highest BCUT2D eigenvalue weighted by Crippen LogP contribution is 2.48. The van der Waals surface area contributed by atoms with E-state index in [1.165, 1.54) is 0 Å². The Kier molecular flexibility index (Phi) is 3.26. The van der Waals surface area contributed by atoms with Gasteiger partial charge in [-0.2, -0.15) is 5.26 Å². The van der Waals surface area contributed by atoms with Gasteiger partial charge in [-0.15, -0.1) is 0 Å². The third kappa shape index (κ3) is 2.10. The van der Waals surface area contributed by atoms with Gasteiger partial charge < -0.3 is 9.52 Å². The molecule has 1 saturated carbocycles. The van der Waals surface area contributed by atoms with Crippen LogP contribution in [0.25, 0.3) is 0 Å². The van der Waals surface area contributed by atoms with Gasteiger partial charge in [-0.25, -0.2) is 0 Å². The van der Waals surface area contributed by atoms with Crippen molar-refractivity contribution in [1.29, 1.82) is 5.26 Å².